The van der Waals surface area contributed by atoms with Crippen molar-refractivity contribution in [2.75, 3.05) is 5.32 Å². The van der Waals surface area contributed by atoms with Crippen molar-refractivity contribution in [1.29, 1.82) is 0 Å². The maximum atomic E-state index is 12.3. The Morgan fingerprint density at radius 2 is 2.24 bits per heavy atom. The van der Waals surface area contributed by atoms with Crippen molar-refractivity contribution >= 4 is 11.6 Å². The fraction of sp³-hybridized carbons (Fsp3) is 0.400. The number of anilines is 1. The molecule has 2 unspecified atom stereocenters. The number of amides is 1. The minimum atomic E-state index is -0.00283. The summed E-state index contributed by atoms with van der Waals surface area (Å²) in [5.41, 5.74) is 6.58. The summed E-state index contributed by atoms with van der Waals surface area (Å²) in [6.45, 7) is 1.90. The Kier molecular flexibility index (Phi) is 3.70. The van der Waals surface area contributed by atoms with Crippen molar-refractivity contribution < 1.29 is 4.79 Å². The predicted molar refractivity (Wildman–Crippen MR) is 80.0 cm³/mol. The average Bonchev–Trinajstić information content (AvgIpc) is 3.08. The lowest BCUT2D eigenvalue weighted by Crippen LogP contribution is -2.24. The van der Waals surface area contributed by atoms with E-state index in [1.165, 1.54) is 0 Å². The number of imidazole rings is 1. The van der Waals surface area contributed by atoms with E-state index < -0.39 is 0 Å². The standard InChI is InChI=1S/C15H19N5O/c1-10-17-7-8-20(10)14-13(3-2-6-18-14)19-15(21)11-4-5-12(16)9-11/h2-3,6-8,11-12H,4-5,9,16H2,1H3,(H,19,21). The van der Waals surface area contributed by atoms with E-state index in [0.29, 0.717) is 11.5 Å². The second-order valence-corrected chi connectivity index (χ2v) is 5.48. The number of carbonyl (C=O) groups is 1. The molecule has 2 atom stereocenters. The number of nitrogens with one attached hydrogen (secondary N) is 1. The highest BCUT2D eigenvalue weighted by atomic mass is 16.1. The van der Waals surface area contributed by atoms with Crippen LogP contribution in [0.1, 0.15) is 25.1 Å². The van der Waals surface area contributed by atoms with Gasteiger partial charge in [0.15, 0.2) is 5.82 Å². The first-order valence-corrected chi connectivity index (χ1v) is 7.17. The lowest BCUT2D eigenvalue weighted by Gasteiger charge is -2.14. The second-order valence-electron chi connectivity index (χ2n) is 5.48. The Balaban J connectivity index is 1.83. The molecule has 6 heteroatoms. The minimum absolute atomic E-state index is 0.00283. The summed E-state index contributed by atoms with van der Waals surface area (Å²) in [4.78, 5) is 20.9. The van der Waals surface area contributed by atoms with E-state index in [9.17, 15) is 4.79 Å². The van der Waals surface area contributed by atoms with Crippen LogP contribution in [0.5, 0.6) is 0 Å². The van der Waals surface area contributed by atoms with Crippen molar-refractivity contribution in [2.45, 2.75) is 32.2 Å². The molecule has 0 radical (unpaired) electrons. The molecule has 6 nitrogen and oxygen atoms in total. The number of nitrogens with zero attached hydrogens (tertiary/aromatic N) is 3. The smallest absolute Gasteiger partial charge is 0.227 e. The fourth-order valence-corrected chi connectivity index (χ4v) is 2.78. The topological polar surface area (TPSA) is 85.8 Å². The second kappa shape index (κ2) is 5.65. The normalized spacial score (nSPS) is 21.4. The van der Waals surface area contributed by atoms with Crippen molar-refractivity contribution in [3.05, 3.63) is 36.5 Å². The molecule has 2 aromatic rings. The SMILES string of the molecule is Cc1nccn1-c1ncccc1NC(=O)C1CCC(N)C1. The quantitative estimate of drug-likeness (QED) is 0.897. The zero-order chi connectivity index (χ0) is 14.8. The average molecular weight is 285 g/mol. The van der Waals surface area contributed by atoms with E-state index in [-0.39, 0.29) is 17.9 Å². The molecule has 0 aliphatic heterocycles. The molecule has 2 heterocycles. The maximum Gasteiger partial charge on any atom is 0.227 e. The molecule has 110 valence electrons. The van der Waals surface area contributed by atoms with Gasteiger partial charge in [0.25, 0.3) is 0 Å². The first kappa shape index (κ1) is 13.8. The van der Waals surface area contributed by atoms with Gasteiger partial charge in [-0.2, -0.15) is 0 Å². The maximum absolute atomic E-state index is 12.3. The molecule has 1 aliphatic rings. The van der Waals surface area contributed by atoms with Gasteiger partial charge in [0.2, 0.25) is 5.91 Å². The minimum Gasteiger partial charge on any atom is -0.328 e. The summed E-state index contributed by atoms with van der Waals surface area (Å²) < 4.78 is 1.86. The lowest BCUT2D eigenvalue weighted by molar-refractivity contribution is -0.119. The number of aryl methyl sites for hydroxylation is 1. The number of nitrogens with two attached hydrogens (primary N) is 1. The number of aromatic nitrogens is 3. The van der Waals surface area contributed by atoms with Crippen LogP contribution in [0.25, 0.3) is 5.82 Å². The van der Waals surface area contributed by atoms with Gasteiger partial charge in [-0.1, -0.05) is 0 Å². The van der Waals surface area contributed by atoms with Gasteiger partial charge in [-0.15, -0.1) is 0 Å². The van der Waals surface area contributed by atoms with E-state index >= 15 is 0 Å². The molecule has 1 saturated carbocycles. The van der Waals surface area contributed by atoms with Crippen molar-refractivity contribution in [2.24, 2.45) is 11.7 Å². The summed E-state index contributed by atoms with van der Waals surface area (Å²) in [6, 6.07) is 3.81. The Labute approximate surface area is 123 Å². The van der Waals surface area contributed by atoms with Gasteiger partial charge in [-0.3, -0.25) is 9.36 Å². The Morgan fingerprint density at radius 3 is 2.90 bits per heavy atom. The first-order valence-electron chi connectivity index (χ1n) is 7.17. The van der Waals surface area contributed by atoms with Gasteiger partial charge in [0.1, 0.15) is 5.82 Å². The van der Waals surface area contributed by atoms with E-state index in [1.54, 1.807) is 12.4 Å². The molecule has 1 aliphatic carbocycles. The molecule has 0 spiro atoms. The van der Waals surface area contributed by atoms with E-state index in [1.807, 2.05) is 29.8 Å². The van der Waals surface area contributed by atoms with Gasteiger partial charge in [0, 0.05) is 30.6 Å². The molecular weight excluding hydrogens is 266 g/mol. The van der Waals surface area contributed by atoms with Crippen molar-refractivity contribution in [3.63, 3.8) is 0 Å². The Morgan fingerprint density at radius 1 is 1.38 bits per heavy atom. The van der Waals surface area contributed by atoms with Crippen LogP contribution in [-0.4, -0.2) is 26.5 Å². The molecule has 3 rings (SSSR count). The third-order valence-corrected chi connectivity index (χ3v) is 3.94. The Bertz CT molecular complexity index is 651. The summed E-state index contributed by atoms with van der Waals surface area (Å²) >= 11 is 0. The molecule has 2 aromatic heterocycles. The van der Waals surface area contributed by atoms with Crippen LogP contribution in [0, 0.1) is 12.8 Å². The van der Waals surface area contributed by atoms with Crippen LogP contribution >= 0.6 is 0 Å². The van der Waals surface area contributed by atoms with Crippen LogP contribution < -0.4 is 11.1 Å². The number of pyridine rings is 1. The van der Waals surface area contributed by atoms with Gasteiger partial charge in [-0.05, 0) is 38.3 Å². The summed E-state index contributed by atoms with van der Waals surface area (Å²) in [6.07, 6.45) is 7.77. The number of rotatable bonds is 3. The fourth-order valence-electron chi connectivity index (χ4n) is 2.78. The van der Waals surface area contributed by atoms with Crippen molar-refractivity contribution in [1.82, 2.24) is 14.5 Å². The molecule has 0 saturated heterocycles. The molecule has 0 aromatic carbocycles. The van der Waals surface area contributed by atoms with E-state index in [4.69, 9.17) is 5.73 Å². The van der Waals surface area contributed by atoms with Gasteiger partial charge in [0.05, 0.1) is 5.69 Å². The molecule has 0 bridgehead atoms. The highest BCUT2D eigenvalue weighted by Crippen LogP contribution is 2.26. The number of hydrogen-bond donors (Lipinski definition) is 2. The van der Waals surface area contributed by atoms with Gasteiger partial charge < -0.3 is 11.1 Å². The lowest BCUT2D eigenvalue weighted by atomic mass is 10.1. The van der Waals surface area contributed by atoms with E-state index in [2.05, 4.69) is 15.3 Å². The molecule has 1 amide bonds. The zero-order valence-corrected chi connectivity index (χ0v) is 12.0. The van der Waals surface area contributed by atoms with Crippen molar-refractivity contribution in [3.8, 4) is 5.82 Å². The highest BCUT2D eigenvalue weighted by molar-refractivity contribution is 5.94. The van der Waals surface area contributed by atoms with Gasteiger partial charge in [-0.25, -0.2) is 9.97 Å². The van der Waals surface area contributed by atoms with E-state index in [0.717, 1.165) is 25.1 Å². The first-order chi connectivity index (χ1) is 10.1. The third-order valence-electron chi connectivity index (χ3n) is 3.94. The third kappa shape index (κ3) is 2.80. The van der Waals surface area contributed by atoms with Crippen LogP contribution in [0.15, 0.2) is 30.7 Å². The van der Waals surface area contributed by atoms with Gasteiger partial charge >= 0.3 is 0 Å². The van der Waals surface area contributed by atoms with Crippen LogP contribution in [-0.2, 0) is 4.79 Å². The largest absolute Gasteiger partial charge is 0.328 e. The summed E-state index contributed by atoms with van der Waals surface area (Å²) in [7, 11) is 0. The monoisotopic (exact) mass is 285 g/mol. The predicted octanol–water partition coefficient (Wildman–Crippen LogP) is 1.64. The summed E-state index contributed by atoms with van der Waals surface area (Å²) in [5, 5.41) is 2.98. The molecular formula is C15H19N5O. The number of hydrogen-bond acceptors (Lipinski definition) is 4. The molecule has 3 N–H and O–H groups in total. The Hall–Kier alpha value is -2.21. The highest BCUT2D eigenvalue weighted by Gasteiger charge is 2.28. The number of carbonyl (C=O) groups excluding carboxylic acids is 1. The molecule has 21 heavy (non-hydrogen) atoms. The summed E-state index contributed by atoms with van der Waals surface area (Å²) in [5.74, 6) is 1.53. The van der Waals surface area contributed by atoms with Crippen LogP contribution in [0.3, 0.4) is 0 Å². The van der Waals surface area contributed by atoms with Crippen LogP contribution in [0.4, 0.5) is 5.69 Å². The van der Waals surface area contributed by atoms with Crippen LogP contribution in [0.2, 0.25) is 0 Å². The molecule has 1 fully saturated rings. The zero-order valence-electron chi connectivity index (χ0n) is 12.0.